The van der Waals surface area contributed by atoms with Crippen LogP contribution in [0.15, 0.2) is 0 Å². The third-order valence-electron chi connectivity index (χ3n) is 2.13. The number of carbonyl (C=O) groups excluding carboxylic acids is 1. The highest BCUT2D eigenvalue weighted by atomic mass is 32.2. The lowest BCUT2D eigenvalue weighted by molar-refractivity contribution is -0.130. The molecule has 1 aliphatic heterocycles. The highest BCUT2D eigenvalue weighted by Gasteiger charge is 2.15. The predicted molar refractivity (Wildman–Crippen MR) is 57.1 cm³/mol. The lowest BCUT2D eigenvalue weighted by Crippen LogP contribution is -2.39. The van der Waals surface area contributed by atoms with E-state index in [0.717, 1.165) is 37.7 Å². The highest BCUT2D eigenvalue weighted by Crippen LogP contribution is 2.09. The van der Waals surface area contributed by atoms with Crippen molar-refractivity contribution >= 4 is 17.7 Å². The van der Waals surface area contributed by atoms with Crippen LogP contribution in [0, 0.1) is 0 Å². The Hall–Kier alpha value is -0.220. The van der Waals surface area contributed by atoms with Gasteiger partial charge in [-0.1, -0.05) is 6.92 Å². The largest absolute Gasteiger partial charge is 0.341 e. The van der Waals surface area contributed by atoms with Gasteiger partial charge in [-0.25, -0.2) is 0 Å². The van der Waals surface area contributed by atoms with Crippen molar-refractivity contribution in [1.82, 2.24) is 10.2 Å². The fourth-order valence-corrected chi connectivity index (χ4v) is 2.25. The first-order valence-electron chi connectivity index (χ1n) is 4.91. The molecule has 0 radical (unpaired) electrons. The lowest BCUT2D eigenvalue weighted by atomic mass is 10.3. The Morgan fingerprint density at radius 1 is 1.46 bits per heavy atom. The molecule has 3 nitrogen and oxygen atoms in total. The Balaban J connectivity index is 2.13. The number of hydrogen-bond donors (Lipinski definition) is 1. The topological polar surface area (TPSA) is 32.3 Å². The fraction of sp³-hybridized carbons (Fsp3) is 0.889. The second-order valence-corrected chi connectivity index (χ2v) is 4.32. The van der Waals surface area contributed by atoms with Gasteiger partial charge in [-0.2, -0.15) is 11.8 Å². The van der Waals surface area contributed by atoms with Gasteiger partial charge in [0.2, 0.25) is 5.91 Å². The van der Waals surface area contributed by atoms with Crippen molar-refractivity contribution in [2.45, 2.75) is 13.3 Å². The molecule has 0 aromatic rings. The van der Waals surface area contributed by atoms with Crippen LogP contribution in [0.3, 0.4) is 0 Å². The molecule has 0 aromatic heterocycles. The van der Waals surface area contributed by atoms with Crippen molar-refractivity contribution in [3.63, 3.8) is 0 Å². The molecule has 0 atom stereocenters. The number of nitrogens with zero attached hydrogens (tertiary/aromatic N) is 1. The number of thioether (sulfide) groups is 1. The number of amides is 1. The van der Waals surface area contributed by atoms with Gasteiger partial charge in [-0.15, -0.1) is 0 Å². The minimum atomic E-state index is 0.307. The van der Waals surface area contributed by atoms with E-state index in [1.165, 1.54) is 0 Å². The van der Waals surface area contributed by atoms with Crippen molar-refractivity contribution in [3.8, 4) is 0 Å². The van der Waals surface area contributed by atoms with Crippen LogP contribution in [0.5, 0.6) is 0 Å². The molecule has 0 saturated carbocycles. The van der Waals surface area contributed by atoms with Crippen molar-refractivity contribution in [3.05, 3.63) is 0 Å². The van der Waals surface area contributed by atoms with Gasteiger partial charge < -0.3 is 10.2 Å². The minimum absolute atomic E-state index is 0.307. The van der Waals surface area contributed by atoms with E-state index in [1.807, 2.05) is 16.7 Å². The number of rotatable bonds is 4. The summed E-state index contributed by atoms with van der Waals surface area (Å²) in [6, 6.07) is 0. The molecule has 1 aliphatic rings. The Bertz CT molecular complexity index is 158. The van der Waals surface area contributed by atoms with Gasteiger partial charge in [0.05, 0.1) is 0 Å². The Morgan fingerprint density at radius 3 is 2.77 bits per heavy atom. The van der Waals surface area contributed by atoms with E-state index in [4.69, 9.17) is 0 Å². The summed E-state index contributed by atoms with van der Waals surface area (Å²) in [5.41, 5.74) is 0. The highest BCUT2D eigenvalue weighted by molar-refractivity contribution is 7.99. The van der Waals surface area contributed by atoms with Gasteiger partial charge in [0.15, 0.2) is 0 Å². The van der Waals surface area contributed by atoms with E-state index < -0.39 is 0 Å². The second kappa shape index (κ2) is 6.27. The van der Waals surface area contributed by atoms with E-state index in [2.05, 4.69) is 12.2 Å². The maximum atomic E-state index is 11.5. The van der Waals surface area contributed by atoms with Gasteiger partial charge in [-0.05, 0) is 6.54 Å². The van der Waals surface area contributed by atoms with Crippen LogP contribution in [0.25, 0.3) is 0 Å². The lowest BCUT2D eigenvalue weighted by Gasteiger charge is -2.26. The first kappa shape index (κ1) is 10.9. The Kier molecular flexibility index (Phi) is 5.23. The summed E-state index contributed by atoms with van der Waals surface area (Å²) in [6.45, 7) is 5.70. The zero-order valence-corrected chi connectivity index (χ0v) is 9.03. The molecule has 76 valence electrons. The van der Waals surface area contributed by atoms with Crippen molar-refractivity contribution in [1.29, 1.82) is 0 Å². The zero-order chi connectivity index (χ0) is 9.52. The first-order valence-corrected chi connectivity index (χ1v) is 6.06. The van der Waals surface area contributed by atoms with Gasteiger partial charge >= 0.3 is 0 Å². The van der Waals surface area contributed by atoms with Crippen LogP contribution in [-0.2, 0) is 4.79 Å². The predicted octanol–water partition coefficient (Wildman–Crippen LogP) is 0.561. The molecular formula is C9H18N2OS. The molecule has 0 bridgehead atoms. The first-order chi connectivity index (χ1) is 6.34. The molecule has 4 heteroatoms. The maximum Gasteiger partial charge on any atom is 0.223 e. The molecular weight excluding hydrogens is 184 g/mol. The summed E-state index contributed by atoms with van der Waals surface area (Å²) in [5.74, 6) is 2.51. The number of nitrogens with one attached hydrogen (secondary N) is 1. The summed E-state index contributed by atoms with van der Waals surface area (Å²) < 4.78 is 0. The molecule has 1 fully saturated rings. The fourth-order valence-electron chi connectivity index (χ4n) is 1.34. The van der Waals surface area contributed by atoms with E-state index in [9.17, 15) is 4.79 Å². The number of carbonyl (C=O) groups is 1. The smallest absolute Gasteiger partial charge is 0.223 e. The number of hydrogen-bond acceptors (Lipinski definition) is 3. The molecule has 1 saturated heterocycles. The molecule has 0 aromatic carbocycles. The summed E-state index contributed by atoms with van der Waals surface area (Å²) >= 11 is 1.93. The van der Waals surface area contributed by atoms with Crippen LogP contribution in [0.4, 0.5) is 0 Å². The molecule has 1 N–H and O–H groups in total. The molecule has 1 rings (SSSR count). The average Bonchev–Trinajstić information content (AvgIpc) is 2.19. The van der Waals surface area contributed by atoms with E-state index in [0.29, 0.717) is 12.3 Å². The molecule has 1 amide bonds. The monoisotopic (exact) mass is 202 g/mol. The quantitative estimate of drug-likeness (QED) is 0.676. The van der Waals surface area contributed by atoms with Crippen LogP contribution in [0.1, 0.15) is 13.3 Å². The maximum absolute atomic E-state index is 11.5. The normalized spacial score (nSPS) is 17.5. The van der Waals surface area contributed by atoms with Crippen LogP contribution in [0.2, 0.25) is 0 Å². The Morgan fingerprint density at radius 2 is 2.15 bits per heavy atom. The average molecular weight is 202 g/mol. The van der Waals surface area contributed by atoms with Gasteiger partial charge in [0.1, 0.15) is 0 Å². The van der Waals surface area contributed by atoms with E-state index in [-0.39, 0.29) is 0 Å². The molecule has 1 heterocycles. The summed E-state index contributed by atoms with van der Waals surface area (Å²) in [4.78, 5) is 13.5. The van der Waals surface area contributed by atoms with Gasteiger partial charge in [0.25, 0.3) is 0 Å². The molecule has 13 heavy (non-hydrogen) atoms. The summed E-state index contributed by atoms with van der Waals surface area (Å²) in [5, 5.41) is 3.17. The van der Waals surface area contributed by atoms with Gasteiger partial charge in [-0.3, -0.25) is 4.79 Å². The third-order valence-corrected chi connectivity index (χ3v) is 3.07. The second-order valence-electron chi connectivity index (χ2n) is 3.10. The van der Waals surface area contributed by atoms with Gasteiger partial charge in [0, 0.05) is 37.6 Å². The summed E-state index contributed by atoms with van der Waals surface area (Å²) in [7, 11) is 0. The molecule has 0 spiro atoms. The standard InChI is InChI=1S/C9H18N2OS/c1-2-10-4-3-9(12)11-5-7-13-8-6-11/h10H,2-8H2,1H3. The molecule has 0 aliphatic carbocycles. The Labute approximate surface area is 84.2 Å². The zero-order valence-electron chi connectivity index (χ0n) is 8.21. The summed E-state index contributed by atoms with van der Waals surface area (Å²) in [6.07, 6.45) is 0.651. The SMILES string of the molecule is CCNCCC(=O)N1CCSCC1. The minimum Gasteiger partial charge on any atom is -0.341 e. The van der Waals surface area contributed by atoms with Crippen molar-refractivity contribution < 1.29 is 4.79 Å². The van der Waals surface area contributed by atoms with E-state index >= 15 is 0 Å². The van der Waals surface area contributed by atoms with Crippen molar-refractivity contribution in [2.75, 3.05) is 37.7 Å². The van der Waals surface area contributed by atoms with Crippen LogP contribution >= 0.6 is 11.8 Å². The van der Waals surface area contributed by atoms with Crippen LogP contribution in [-0.4, -0.2) is 48.5 Å². The van der Waals surface area contributed by atoms with Crippen molar-refractivity contribution in [2.24, 2.45) is 0 Å². The molecule has 0 unspecified atom stereocenters. The van der Waals surface area contributed by atoms with Crippen LogP contribution < -0.4 is 5.32 Å². The van der Waals surface area contributed by atoms with E-state index in [1.54, 1.807) is 0 Å². The third kappa shape index (κ3) is 4.00.